The predicted molar refractivity (Wildman–Crippen MR) is 314 cm³/mol. The third-order valence-corrected chi connectivity index (χ3v) is 15.0. The molecule has 3 aliphatic rings. The average Bonchev–Trinajstić information content (AvgIpc) is 3.71. The zero-order valence-electron chi connectivity index (χ0n) is 47.3. The van der Waals surface area contributed by atoms with Crippen LogP contribution in [0.5, 0.6) is 0 Å². The molecule has 0 N–H and O–H groups in total. The Labute approximate surface area is 489 Å². The molecule has 13 heteroatoms. The van der Waals surface area contributed by atoms with Gasteiger partial charge in [-0.1, -0.05) is 218 Å². The number of rotatable bonds is 30. The van der Waals surface area contributed by atoms with Crippen LogP contribution in [0.3, 0.4) is 0 Å². The summed E-state index contributed by atoms with van der Waals surface area (Å²) in [6.07, 6.45) is -7.53. The highest BCUT2D eigenvalue weighted by atomic mass is 16.8. The molecule has 0 spiro atoms. The Morgan fingerprint density at radius 3 is 1.14 bits per heavy atom. The Morgan fingerprint density at radius 1 is 0.373 bits per heavy atom. The van der Waals surface area contributed by atoms with Crippen molar-refractivity contribution in [2.24, 2.45) is 0 Å². The van der Waals surface area contributed by atoms with Crippen LogP contribution in [0, 0.1) is 0 Å². The van der Waals surface area contributed by atoms with Crippen molar-refractivity contribution >= 4 is 0 Å². The summed E-state index contributed by atoms with van der Waals surface area (Å²) in [5, 5.41) is 0. The Balaban J connectivity index is 0.997. The third-order valence-electron chi connectivity index (χ3n) is 15.0. The van der Waals surface area contributed by atoms with Gasteiger partial charge in [0.25, 0.3) is 0 Å². The molecule has 0 aromatic heterocycles. The molecule has 3 fully saturated rings. The average molecular weight is 1130 g/mol. The minimum Gasteiger partial charge on any atom is -0.374 e. The van der Waals surface area contributed by atoms with E-state index in [2.05, 4.69) is 6.58 Å². The van der Waals surface area contributed by atoms with Gasteiger partial charge in [0.05, 0.1) is 78.3 Å². The van der Waals surface area contributed by atoms with Crippen molar-refractivity contribution in [1.82, 2.24) is 0 Å². The molecule has 13 unspecified atom stereocenters. The highest BCUT2D eigenvalue weighted by Crippen LogP contribution is 2.37. The molecule has 13 atom stereocenters. The topological polar surface area (TPSA) is 120 Å². The molecule has 83 heavy (non-hydrogen) atoms. The van der Waals surface area contributed by atoms with Crippen molar-refractivity contribution in [3.8, 4) is 0 Å². The Hall–Kier alpha value is -6.24. The first kappa shape index (κ1) is 59.9. The zero-order chi connectivity index (χ0) is 56.7. The summed E-state index contributed by atoms with van der Waals surface area (Å²) in [4.78, 5) is 0. The second kappa shape index (κ2) is 32.2. The van der Waals surface area contributed by atoms with Gasteiger partial charge in [0.2, 0.25) is 0 Å². The van der Waals surface area contributed by atoms with Gasteiger partial charge < -0.3 is 61.6 Å². The summed E-state index contributed by atoms with van der Waals surface area (Å²) >= 11 is 0. The van der Waals surface area contributed by atoms with Crippen molar-refractivity contribution < 1.29 is 61.6 Å². The van der Waals surface area contributed by atoms with Crippen molar-refractivity contribution in [3.63, 3.8) is 0 Å². The summed E-state index contributed by atoms with van der Waals surface area (Å²) in [6, 6.07) is 70.5. The van der Waals surface area contributed by atoms with Crippen LogP contribution >= 0.6 is 0 Å². The number of hydrogen-bond donors (Lipinski definition) is 0. The Bertz CT molecular complexity index is 2880. The summed E-state index contributed by atoms with van der Waals surface area (Å²) in [5.74, 6) is 0. The van der Waals surface area contributed by atoms with Crippen molar-refractivity contribution in [3.05, 3.63) is 264 Å². The monoisotopic (exact) mass is 1130 g/mol. The summed E-state index contributed by atoms with van der Waals surface area (Å²) in [5.41, 5.74) is 7.00. The second-order valence-electron chi connectivity index (χ2n) is 21.1. The molecule has 0 bridgehead atoms. The van der Waals surface area contributed by atoms with Crippen LogP contribution < -0.4 is 0 Å². The maximum Gasteiger partial charge on any atom is 0.187 e. The van der Waals surface area contributed by atoms with E-state index in [0.717, 1.165) is 38.9 Å². The van der Waals surface area contributed by atoms with Gasteiger partial charge in [-0.05, 0) is 52.3 Å². The highest BCUT2D eigenvalue weighted by molar-refractivity contribution is 5.19. The van der Waals surface area contributed by atoms with E-state index in [-0.39, 0.29) is 39.6 Å². The lowest BCUT2D eigenvalue weighted by Crippen LogP contribution is -2.64. The van der Waals surface area contributed by atoms with Crippen LogP contribution in [0.4, 0.5) is 0 Å². The molecule has 0 amide bonds. The normalized spacial score (nSPS) is 26.3. The van der Waals surface area contributed by atoms with E-state index in [1.54, 1.807) is 6.08 Å². The van der Waals surface area contributed by atoms with E-state index in [1.165, 1.54) is 0 Å². The molecule has 13 nitrogen and oxygen atoms in total. The molecule has 7 aromatic rings. The first-order valence-electron chi connectivity index (χ1n) is 29.0. The molecule has 0 radical (unpaired) electrons. The van der Waals surface area contributed by atoms with Crippen molar-refractivity contribution in [2.75, 3.05) is 26.4 Å². The lowest BCUT2D eigenvalue weighted by atomic mass is 9.96. The molecule has 3 heterocycles. The summed E-state index contributed by atoms with van der Waals surface area (Å²) < 4.78 is 90.6. The van der Waals surface area contributed by atoms with E-state index < -0.39 is 79.7 Å². The van der Waals surface area contributed by atoms with Crippen LogP contribution in [-0.4, -0.2) is 106 Å². The maximum absolute atomic E-state index is 7.47. The summed E-state index contributed by atoms with van der Waals surface area (Å²) in [7, 11) is 0. The number of benzene rings is 7. The van der Waals surface area contributed by atoms with Gasteiger partial charge in [-0.15, -0.1) is 6.58 Å². The SMILES string of the molecule is C=CCOC1C(OCc2ccccc2)C(COCc2ccccc2)OC(OC2CCOC(COCc3ccccc3)C2OC2OC(C)C(OCc3ccccc3)C(OCc3ccccc3)C2OCc2ccccc2)C1OCc1ccccc1. The fraction of sp³-hybridized carbons (Fsp3) is 0.371. The largest absolute Gasteiger partial charge is 0.374 e. The fourth-order valence-electron chi connectivity index (χ4n) is 10.7. The fourth-order valence-corrected chi connectivity index (χ4v) is 10.7. The van der Waals surface area contributed by atoms with E-state index in [9.17, 15) is 0 Å². The number of ether oxygens (including phenoxy) is 13. The lowest BCUT2D eigenvalue weighted by Gasteiger charge is -2.49. The van der Waals surface area contributed by atoms with E-state index >= 15 is 0 Å². The standard InChI is InChI=1S/C70H78O13/c1-3-40-74-66-64(76-45-55-31-17-7-18-32-55)61(50-72-43-53-27-13-5-14-28-53)82-70(68(66)79-48-58-37-23-10-24-38-58)81-59-39-41-73-60(49-71-42-52-25-11-4-12-26-52)63(59)83-69-67(78-47-57-35-21-9-22-36-57)65(77-46-56-33-19-8-20-34-56)62(51(2)80-69)75-44-54-29-15-6-16-30-54/h3-38,51,59-70H,1,39-50H2,2H3. The van der Waals surface area contributed by atoms with Gasteiger partial charge in [-0.3, -0.25) is 0 Å². The van der Waals surface area contributed by atoms with Gasteiger partial charge in [0, 0.05) is 6.61 Å². The molecular weight excluding hydrogens is 1050 g/mol. The summed E-state index contributed by atoms with van der Waals surface area (Å²) in [6.45, 7) is 9.01. The third kappa shape index (κ3) is 17.7. The zero-order valence-corrected chi connectivity index (χ0v) is 47.3. The minimum absolute atomic E-state index is 0.156. The molecule has 7 aromatic carbocycles. The van der Waals surface area contributed by atoms with Crippen LogP contribution in [-0.2, 0) is 108 Å². The molecule has 436 valence electrons. The Kier molecular flexibility index (Phi) is 23.2. The second-order valence-corrected chi connectivity index (χ2v) is 21.1. The molecule has 3 saturated heterocycles. The van der Waals surface area contributed by atoms with Gasteiger partial charge in [0.1, 0.15) is 54.9 Å². The van der Waals surface area contributed by atoms with Gasteiger partial charge in [0.15, 0.2) is 12.6 Å². The van der Waals surface area contributed by atoms with E-state index in [1.807, 2.05) is 219 Å². The van der Waals surface area contributed by atoms with Crippen LogP contribution in [0.1, 0.15) is 52.3 Å². The lowest BCUT2D eigenvalue weighted by molar-refractivity contribution is -0.368. The van der Waals surface area contributed by atoms with Gasteiger partial charge >= 0.3 is 0 Å². The molecule has 3 aliphatic heterocycles. The maximum atomic E-state index is 7.47. The van der Waals surface area contributed by atoms with E-state index in [0.29, 0.717) is 39.5 Å². The quantitative estimate of drug-likeness (QED) is 0.0398. The highest BCUT2D eigenvalue weighted by Gasteiger charge is 2.53. The predicted octanol–water partition coefficient (Wildman–Crippen LogP) is 11.9. The minimum atomic E-state index is -1.04. The Morgan fingerprint density at radius 2 is 0.723 bits per heavy atom. The van der Waals surface area contributed by atoms with Gasteiger partial charge in [-0.25, -0.2) is 0 Å². The van der Waals surface area contributed by atoms with Gasteiger partial charge in [-0.2, -0.15) is 0 Å². The number of hydrogen-bond acceptors (Lipinski definition) is 13. The van der Waals surface area contributed by atoms with Crippen molar-refractivity contribution in [2.45, 2.75) is 139 Å². The molecule has 10 rings (SSSR count). The van der Waals surface area contributed by atoms with Crippen LogP contribution in [0.2, 0.25) is 0 Å². The molecule has 0 saturated carbocycles. The van der Waals surface area contributed by atoms with Crippen LogP contribution in [0.25, 0.3) is 0 Å². The van der Waals surface area contributed by atoms with Crippen LogP contribution in [0.15, 0.2) is 225 Å². The van der Waals surface area contributed by atoms with E-state index in [4.69, 9.17) is 61.6 Å². The van der Waals surface area contributed by atoms with Crippen molar-refractivity contribution in [1.29, 1.82) is 0 Å². The first-order chi connectivity index (χ1) is 41.0. The molecular formula is C70H78O13. The first-order valence-corrected chi connectivity index (χ1v) is 29.0. The smallest absolute Gasteiger partial charge is 0.187 e. The molecule has 0 aliphatic carbocycles.